The molecule has 2 rings (SSSR count). The molecule has 0 N–H and O–H groups in total. The lowest BCUT2D eigenvalue weighted by Gasteiger charge is -2.09. The molecule has 0 unspecified atom stereocenters. The molecule has 0 aliphatic rings. The van der Waals surface area contributed by atoms with Crippen LogP contribution >= 0.6 is 0 Å². The molecule has 0 fully saturated rings. The van der Waals surface area contributed by atoms with E-state index < -0.39 is 6.36 Å². The van der Waals surface area contributed by atoms with Crippen molar-refractivity contribution in [2.24, 2.45) is 0 Å². The van der Waals surface area contributed by atoms with E-state index >= 15 is 0 Å². The normalized spacial score (nSPS) is 11.2. The van der Waals surface area contributed by atoms with E-state index in [-0.39, 0.29) is 5.75 Å². The van der Waals surface area contributed by atoms with Gasteiger partial charge in [-0.2, -0.15) is 0 Å². The van der Waals surface area contributed by atoms with Gasteiger partial charge in [0.05, 0.1) is 0 Å². The van der Waals surface area contributed by atoms with E-state index in [1.807, 2.05) is 6.07 Å². The Morgan fingerprint density at radius 2 is 1.71 bits per heavy atom. The monoisotopic (exact) mass is 237 g/mol. The highest BCUT2D eigenvalue weighted by Crippen LogP contribution is 2.27. The summed E-state index contributed by atoms with van der Waals surface area (Å²) < 4.78 is 40.0. The van der Waals surface area contributed by atoms with Crippen LogP contribution in [0.2, 0.25) is 0 Å². The molecule has 0 saturated carbocycles. The first kappa shape index (κ1) is 11.5. The average Bonchev–Trinajstić information content (AvgIpc) is 2.28. The van der Waals surface area contributed by atoms with Crippen molar-refractivity contribution in [3.8, 4) is 16.9 Å². The fraction of sp³-hybridized carbons (Fsp3) is 0.0769. The van der Waals surface area contributed by atoms with Crippen molar-refractivity contribution in [3.63, 3.8) is 0 Å². The van der Waals surface area contributed by atoms with Crippen molar-refractivity contribution in [1.29, 1.82) is 0 Å². The van der Waals surface area contributed by atoms with Crippen LogP contribution in [0.5, 0.6) is 5.75 Å². The Morgan fingerprint density at radius 1 is 1.00 bits per heavy atom. The lowest BCUT2D eigenvalue weighted by Crippen LogP contribution is -2.17. The molecule has 87 valence electrons. The first-order valence-electron chi connectivity index (χ1n) is 4.87. The molecular weight excluding hydrogens is 229 g/mol. The molecule has 0 amide bonds. The van der Waals surface area contributed by atoms with E-state index in [9.17, 15) is 13.2 Å². The summed E-state index contributed by atoms with van der Waals surface area (Å²) in [5, 5.41) is 0. The third-order valence-electron chi connectivity index (χ3n) is 2.09. The Bertz CT molecular complexity index is 492. The van der Waals surface area contributed by atoms with Crippen molar-refractivity contribution in [1.82, 2.24) is 0 Å². The Hall–Kier alpha value is -1.97. The van der Waals surface area contributed by atoms with Gasteiger partial charge in [-0.3, -0.25) is 0 Å². The molecule has 0 aliphatic heterocycles. The van der Waals surface area contributed by atoms with Gasteiger partial charge < -0.3 is 4.74 Å². The number of rotatable bonds is 2. The Morgan fingerprint density at radius 3 is 2.35 bits per heavy atom. The third-order valence-corrected chi connectivity index (χ3v) is 2.09. The fourth-order valence-corrected chi connectivity index (χ4v) is 1.43. The van der Waals surface area contributed by atoms with Gasteiger partial charge in [0.2, 0.25) is 0 Å². The maximum Gasteiger partial charge on any atom is 0.573 e. The molecule has 4 heteroatoms. The molecule has 17 heavy (non-hydrogen) atoms. The summed E-state index contributed by atoms with van der Waals surface area (Å²) in [7, 11) is 0. The van der Waals surface area contributed by atoms with Crippen LogP contribution in [0, 0.1) is 6.07 Å². The summed E-state index contributed by atoms with van der Waals surface area (Å²) in [5.74, 6) is -0.241. The SMILES string of the molecule is FC(F)(F)Oc1cc[c]c(-c2ccccc2)c1. The van der Waals surface area contributed by atoms with Gasteiger partial charge >= 0.3 is 6.36 Å². The first-order chi connectivity index (χ1) is 8.04. The number of benzene rings is 2. The molecule has 0 saturated heterocycles. The van der Waals surface area contributed by atoms with Gasteiger partial charge in [0.15, 0.2) is 0 Å². The predicted molar refractivity (Wildman–Crippen MR) is 57.4 cm³/mol. The van der Waals surface area contributed by atoms with Gasteiger partial charge in [-0.25, -0.2) is 0 Å². The molecule has 0 spiro atoms. The molecule has 0 aromatic heterocycles. The summed E-state index contributed by atoms with van der Waals surface area (Å²) in [6.45, 7) is 0. The van der Waals surface area contributed by atoms with Crippen LogP contribution in [0.4, 0.5) is 13.2 Å². The summed E-state index contributed by atoms with van der Waals surface area (Å²) in [6, 6.07) is 15.8. The van der Waals surface area contributed by atoms with Gasteiger partial charge in [0.25, 0.3) is 0 Å². The number of alkyl halides is 3. The van der Waals surface area contributed by atoms with E-state index in [0.717, 1.165) is 5.56 Å². The number of hydrogen-bond acceptors (Lipinski definition) is 1. The highest BCUT2D eigenvalue weighted by molar-refractivity contribution is 5.64. The lowest BCUT2D eigenvalue weighted by atomic mass is 10.1. The summed E-state index contributed by atoms with van der Waals surface area (Å²) in [6.07, 6.45) is -4.67. The molecule has 0 heterocycles. The van der Waals surface area contributed by atoms with Crippen LogP contribution in [0.1, 0.15) is 0 Å². The zero-order chi connectivity index (χ0) is 12.3. The van der Waals surface area contributed by atoms with Crippen LogP contribution < -0.4 is 4.74 Å². The van der Waals surface area contributed by atoms with Crippen LogP contribution in [0.3, 0.4) is 0 Å². The topological polar surface area (TPSA) is 9.23 Å². The Balaban J connectivity index is 2.29. The zero-order valence-corrected chi connectivity index (χ0v) is 8.66. The minimum Gasteiger partial charge on any atom is -0.406 e. The van der Waals surface area contributed by atoms with Crippen LogP contribution in [-0.2, 0) is 0 Å². The maximum atomic E-state index is 12.0. The van der Waals surface area contributed by atoms with E-state index in [4.69, 9.17) is 0 Å². The molecule has 0 aliphatic carbocycles. The van der Waals surface area contributed by atoms with Crippen molar-refractivity contribution < 1.29 is 17.9 Å². The second-order valence-electron chi connectivity index (χ2n) is 3.35. The minimum atomic E-state index is -4.67. The lowest BCUT2D eigenvalue weighted by molar-refractivity contribution is -0.274. The molecule has 1 nitrogen and oxygen atoms in total. The molecule has 1 radical (unpaired) electrons. The molecule has 0 atom stereocenters. The first-order valence-corrected chi connectivity index (χ1v) is 4.87. The number of ether oxygens (including phenoxy) is 1. The van der Waals surface area contributed by atoms with Crippen molar-refractivity contribution in [2.45, 2.75) is 6.36 Å². The van der Waals surface area contributed by atoms with Gasteiger partial charge in [-0.1, -0.05) is 36.4 Å². The van der Waals surface area contributed by atoms with Gasteiger partial charge in [0, 0.05) is 0 Å². The highest BCUT2D eigenvalue weighted by Gasteiger charge is 2.31. The van der Waals surface area contributed by atoms with Crippen molar-refractivity contribution in [3.05, 3.63) is 54.6 Å². The molecule has 2 aromatic rings. The minimum absolute atomic E-state index is 0.241. The summed E-state index contributed by atoms with van der Waals surface area (Å²) in [4.78, 5) is 0. The quantitative estimate of drug-likeness (QED) is 0.765. The smallest absolute Gasteiger partial charge is 0.406 e. The van der Waals surface area contributed by atoms with Crippen LogP contribution in [-0.4, -0.2) is 6.36 Å². The van der Waals surface area contributed by atoms with E-state index in [1.54, 1.807) is 24.3 Å². The average molecular weight is 237 g/mol. The van der Waals surface area contributed by atoms with E-state index in [1.165, 1.54) is 18.2 Å². The van der Waals surface area contributed by atoms with Gasteiger partial charge in [-0.15, -0.1) is 13.2 Å². The maximum absolute atomic E-state index is 12.0. The van der Waals surface area contributed by atoms with E-state index in [2.05, 4.69) is 10.8 Å². The summed E-state index contributed by atoms with van der Waals surface area (Å²) >= 11 is 0. The second kappa shape index (κ2) is 4.49. The van der Waals surface area contributed by atoms with Gasteiger partial charge in [0.1, 0.15) is 5.75 Å². The molecular formula is C13H8F3O. The standard InChI is InChI=1S/C13H8F3O/c14-13(15,16)17-12-8-4-7-11(9-12)10-5-2-1-3-6-10/h1-6,8-9H. The molecule has 0 bridgehead atoms. The Kier molecular flexibility index (Phi) is 3.04. The number of hydrogen-bond donors (Lipinski definition) is 0. The van der Waals surface area contributed by atoms with Crippen molar-refractivity contribution in [2.75, 3.05) is 0 Å². The predicted octanol–water partition coefficient (Wildman–Crippen LogP) is 4.05. The van der Waals surface area contributed by atoms with E-state index in [0.29, 0.717) is 5.56 Å². The zero-order valence-electron chi connectivity index (χ0n) is 8.66. The third kappa shape index (κ3) is 3.24. The summed E-state index contributed by atoms with van der Waals surface area (Å²) in [5.41, 5.74) is 1.35. The fourth-order valence-electron chi connectivity index (χ4n) is 1.43. The second-order valence-corrected chi connectivity index (χ2v) is 3.35. The van der Waals surface area contributed by atoms with Crippen LogP contribution in [0.15, 0.2) is 48.5 Å². The Labute approximate surface area is 96.5 Å². The van der Waals surface area contributed by atoms with Crippen molar-refractivity contribution >= 4 is 0 Å². The molecule has 2 aromatic carbocycles. The number of halogens is 3. The largest absolute Gasteiger partial charge is 0.573 e. The van der Waals surface area contributed by atoms with Crippen LogP contribution in [0.25, 0.3) is 11.1 Å². The highest BCUT2D eigenvalue weighted by atomic mass is 19.4. The van der Waals surface area contributed by atoms with Gasteiger partial charge in [-0.05, 0) is 29.3 Å².